The van der Waals surface area contributed by atoms with Gasteiger partial charge in [-0.3, -0.25) is 19.4 Å². The van der Waals surface area contributed by atoms with E-state index in [0.29, 0.717) is 31.1 Å². The van der Waals surface area contributed by atoms with Crippen molar-refractivity contribution in [3.05, 3.63) is 70.7 Å². The Balaban J connectivity index is 1.48. The maximum atomic E-state index is 13.5. The van der Waals surface area contributed by atoms with Gasteiger partial charge in [-0.05, 0) is 36.6 Å². The van der Waals surface area contributed by atoms with E-state index in [1.165, 1.54) is 12.0 Å². The molecule has 1 spiro atoms. The van der Waals surface area contributed by atoms with Crippen LogP contribution in [-0.2, 0) is 27.4 Å². The van der Waals surface area contributed by atoms with Crippen molar-refractivity contribution < 1.29 is 19.1 Å². The SMILES string of the molecule is COC(=O)CN(Cc1ccccc1Cl)CN1C(=O)NC2(CCCN(Cc3ccccc3)C2)C1=O. The van der Waals surface area contributed by atoms with Gasteiger partial charge in [0.1, 0.15) is 5.54 Å². The fourth-order valence-electron chi connectivity index (χ4n) is 4.67. The van der Waals surface area contributed by atoms with Gasteiger partial charge >= 0.3 is 12.0 Å². The van der Waals surface area contributed by atoms with Crippen LogP contribution in [0.3, 0.4) is 0 Å². The number of urea groups is 1. The van der Waals surface area contributed by atoms with Crippen LogP contribution in [0.2, 0.25) is 5.02 Å². The number of hydrogen-bond acceptors (Lipinski definition) is 6. The van der Waals surface area contributed by atoms with Crippen LogP contribution >= 0.6 is 11.6 Å². The van der Waals surface area contributed by atoms with E-state index in [0.717, 1.165) is 24.1 Å². The van der Waals surface area contributed by atoms with Gasteiger partial charge in [-0.25, -0.2) is 9.69 Å². The molecular formula is C25H29ClN4O4. The number of likely N-dealkylation sites (tertiary alicyclic amines) is 1. The lowest BCUT2D eigenvalue weighted by molar-refractivity contribution is -0.144. The smallest absolute Gasteiger partial charge is 0.326 e. The molecule has 3 amide bonds. The molecule has 0 radical (unpaired) electrons. The van der Waals surface area contributed by atoms with Crippen LogP contribution in [0.5, 0.6) is 0 Å². The molecule has 2 fully saturated rings. The van der Waals surface area contributed by atoms with Crippen molar-refractivity contribution >= 4 is 29.5 Å². The second kappa shape index (κ2) is 10.5. The van der Waals surface area contributed by atoms with Crippen LogP contribution < -0.4 is 5.32 Å². The first-order valence-electron chi connectivity index (χ1n) is 11.3. The van der Waals surface area contributed by atoms with Gasteiger partial charge in [-0.1, -0.05) is 60.1 Å². The maximum absolute atomic E-state index is 13.5. The molecule has 0 saturated carbocycles. The summed E-state index contributed by atoms with van der Waals surface area (Å²) in [6.45, 7) is 2.20. The van der Waals surface area contributed by atoms with Gasteiger partial charge in [0.15, 0.2) is 0 Å². The number of hydrogen-bond donors (Lipinski definition) is 1. The van der Waals surface area contributed by atoms with Gasteiger partial charge in [0.25, 0.3) is 5.91 Å². The van der Waals surface area contributed by atoms with Crippen LogP contribution in [0, 0.1) is 0 Å². The first-order chi connectivity index (χ1) is 16.4. The third-order valence-electron chi connectivity index (χ3n) is 6.34. The topological polar surface area (TPSA) is 82.2 Å². The molecule has 2 aromatic rings. The van der Waals surface area contributed by atoms with Crippen LogP contribution in [-0.4, -0.2) is 71.6 Å². The number of imide groups is 1. The Hall–Kier alpha value is -2.94. The van der Waals surface area contributed by atoms with Gasteiger partial charge in [-0.2, -0.15) is 0 Å². The van der Waals surface area contributed by atoms with Gasteiger partial charge in [0.2, 0.25) is 0 Å². The number of ether oxygens (including phenoxy) is 1. The van der Waals surface area contributed by atoms with E-state index in [-0.39, 0.29) is 19.1 Å². The molecule has 8 nitrogen and oxygen atoms in total. The molecule has 0 bridgehead atoms. The Morgan fingerprint density at radius 3 is 2.62 bits per heavy atom. The number of halogens is 1. The molecule has 2 heterocycles. The summed E-state index contributed by atoms with van der Waals surface area (Å²) in [5.74, 6) is -0.718. The molecule has 2 aliphatic rings. The molecule has 2 aromatic carbocycles. The summed E-state index contributed by atoms with van der Waals surface area (Å²) in [5, 5.41) is 3.51. The number of nitrogens with zero attached hydrogens (tertiary/aromatic N) is 3. The zero-order chi connectivity index (χ0) is 24.1. The Labute approximate surface area is 204 Å². The standard InChI is InChI=1S/C25H29ClN4O4/c1-34-22(31)16-29(15-20-10-5-6-11-21(20)26)18-30-23(32)25(27-24(30)33)12-7-13-28(17-25)14-19-8-3-2-4-9-19/h2-6,8-11H,7,12-18H2,1H3,(H,27,33). The molecular weight excluding hydrogens is 456 g/mol. The van der Waals surface area contributed by atoms with Crippen LogP contribution in [0.15, 0.2) is 54.6 Å². The number of benzene rings is 2. The molecule has 1 atom stereocenters. The molecule has 2 saturated heterocycles. The predicted molar refractivity (Wildman–Crippen MR) is 128 cm³/mol. The molecule has 4 rings (SSSR count). The summed E-state index contributed by atoms with van der Waals surface area (Å²) >= 11 is 6.30. The molecule has 9 heteroatoms. The third-order valence-corrected chi connectivity index (χ3v) is 6.71. The zero-order valence-corrected chi connectivity index (χ0v) is 20.0. The lowest BCUT2D eigenvalue weighted by atomic mass is 9.88. The Bertz CT molecular complexity index is 1050. The molecule has 1 N–H and O–H groups in total. The summed E-state index contributed by atoms with van der Waals surface area (Å²) in [4.78, 5) is 43.6. The number of methoxy groups -OCH3 is 1. The van der Waals surface area contributed by atoms with Crippen LogP contribution in [0.4, 0.5) is 4.79 Å². The van der Waals surface area contributed by atoms with Crippen molar-refractivity contribution in [2.24, 2.45) is 0 Å². The lowest BCUT2D eigenvalue weighted by Crippen LogP contribution is -2.58. The van der Waals surface area contributed by atoms with E-state index in [9.17, 15) is 14.4 Å². The van der Waals surface area contributed by atoms with Gasteiger partial charge in [0.05, 0.1) is 20.3 Å². The molecule has 1 unspecified atom stereocenters. The van der Waals surface area contributed by atoms with Crippen molar-refractivity contribution in [1.29, 1.82) is 0 Å². The van der Waals surface area contributed by atoms with E-state index in [1.807, 2.05) is 36.4 Å². The van der Waals surface area contributed by atoms with Gasteiger partial charge < -0.3 is 10.1 Å². The monoisotopic (exact) mass is 484 g/mol. The highest BCUT2D eigenvalue weighted by atomic mass is 35.5. The number of amides is 3. The highest BCUT2D eigenvalue weighted by molar-refractivity contribution is 6.31. The van der Waals surface area contributed by atoms with E-state index in [4.69, 9.17) is 16.3 Å². The second-order valence-electron chi connectivity index (χ2n) is 8.84. The molecule has 2 aliphatic heterocycles. The van der Waals surface area contributed by atoms with Crippen molar-refractivity contribution in [2.45, 2.75) is 31.5 Å². The van der Waals surface area contributed by atoms with E-state index < -0.39 is 17.5 Å². The number of esters is 1. The number of carbonyl (C=O) groups excluding carboxylic acids is 3. The summed E-state index contributed by atoms with van der Waals surface area (Å²) in [5.41, 5.74) is 1.00. The largest absolute Gasteiger partial charge is 0.468 e. The third kappa shape index (κ3) is 5.41. The number of nitrogens with one attached hydrogen (secondary N) is 1. The zero-order valence-electron chi connectivity index (χ0n) is 19.2. The first kappa shape index (κ1) is 24.2. The van der Waals surface area contributed by atoms with E-state index >= 15 is 0 Å². The summed E-state index contributed by atoms with van der Waals surface area (Å²) in [6.07, 6.45) is 1.39. The van der Waals surface area contributed by atoms with Crippen LogP contribution in [0.25, 0.3) is 0 Å². The van der Waals surface area contributed by atoms with Crippen molar-refractivity contribution in [1.82, 2.24) is 20.0 Å². The minimum atomic E-state index is -0.953. The fourth-order valence-corrected chi connectivity index (χ4v) is 4.87. The van der Waals surface area contributed by atoms with Crippen molar-refractivity contribution in [3.63, 3.8) is 0 Å². The lowest BCUT2D eigenvalue weighted by Gasteiger charge is -2.38. The summed E-state index contributed by atoms with van der Waals surface area (Å²) < 4.78 is 4.82. The minimum absolute atomic E-state index is 0.0363. The summed E-state index contributed by atoms with van der Waals surface area (Å²) in [7, 11) is 1.31. The average molecular weight is 485 g/mol. The second-order valence-corrected chi connectivity index (χ2v) is 9.25. The highest BCUT2D eigenvalue weighted by Crippen LogP contribution is 2.30. The molecule has 180 valence electrons. The number of rotatable bonds is 8. The van der Waals surface area contributed by atoms with Crippen LogP contribution in [0.1, 0.15) is 24.0 Å². The first-order valence-corrected chi connectivity index (χ1v) is 11.7. The molecule has 0 aliphatic carbocycles. The highest BCUT2D eigenvalue weighted by Gasteiger charge is 2.53. The average Bonchev–Trinajstić information content (AvgIpc) is 3.04. The molecule has 0 aromatic heterocycles. The van der Waals surface area contributed by atoms with Crippen molar-refractivity contribution in [3.8, 4) is 0 Å². The normalized spacial score (nSPS) is 20.7. The predicted octanol–water partition coefficient (Wildman–Crippen LogP) is 2.86. The Morgan fingerprint density at radius 2 is 1.88 bits per heavy atom. The minimum Gasteiger partial charge on any atom is -0.468 e. The number of carbonyl (C=O) groups is 3. The summed E-state index contributed by atoms with van der Waals surface area (Å²) in [6, 6.07) is 16.9. The van der Waals surface area contributed by atoms with Gasteiger partial charge in [-0.15, -0.1) is 0 Å². The molecule has 34 heavy (non-hydrogen) atoms. The number of piperidine rings is 1. The van der Waals surface area contributed by atoms with Crippen molar-refractivity contribution in [2.75, 3.05) is 33.4 Å². The van der Waals surface area contributed by atoms with E-state index in [1.54, 1.807) is 11.0 Å². The Morgan fingerprint density at radius 1 is 1.15 bits per heavy atom. The van der Waals surface area contributed by atoms with E-state index in [2.05, 4.69) is 22.3 Å². The Kier molecular flexibility index (Phi) is 7.50. The van der Waals surface area contributed by atoms with Gasteiger partial charge in [0, 0.05) is 24.7 Å². The fraction of sp³-hybridized carbons (Fsp3) is 0.400. The quantitative estimate of drug-likeness (QED) is 0.458. The maximum Gasteiger partial charge on any atom is 0.326 e.